The summed E-state index contributed by atoms with van der Waals surface area (Å²) in [6.45, 7) is -0.121. The van der Waals surface area contributed by atoms with Crippen LogP contribution < -0.4 is 5.73 Å². The fraction of sp³-hybridized carbons (Fsp3) is 0.273. The number of alkyl halides is 3. The fourth-order valence-corrected chi connectivity index (χ4v) is 1.42. The van der Waals surface area contributed by atoms with E-state index in [-0.39, 0.29) is 23.8 Å². The van der Waals surface area contributed by atoms with Crippen LogP contribution >= 0.6 is 0 Å². The average Bonchev–Trinajstić information content (AvgIpc) is 2.86. The number of hydrogen-bond acceptors (Lipinski definition) is 5. The predicted octanol–water partition coefficient (Wildman–Crippen LogP) is 1.75. The van der Waals surface area contributed by atoms with Crippen molar-refractivity contribution in [1.82, 2.24) is 10.1 Å². The highest BCUT2D eigenvalue weighted by molar-refractivity contribution is 5.55. The number of halogens is 3. The zero-order valence-electron chi connectivity index (χ0n) is 9.55. The first-order valence-electron chi connectivity index (χ1n) is 5.31. The molecule has 3 N–H and O–H groups in total. The van der Waals surface area contributed by atoms with E-state index in [4.69, 9.17) is 10.3 Å². The smallest absolute Gasteiger partial charge is 0.382 e. The minimum Gasteiger partial charge on any atom is -0.382 e. The van der Waals surface area contributed by atoms with E-state index >= 15 is 0 Å². The molecular formula is C11H10F3N3O2. The molecular weight excluding hydrogens is 263 g/mol. The van der Waals surface area contributed by atoms with Crippen molar-refractivity contribution in [2.75, 3.05) is 6.54 Å². The van der Waals surface area contributed by atoms with Crippen molar-refractivity contribution in [3.05, 3.63) is 35.7 Å². The van der Waals surface area contributed by atoms with Gasteiger partial charge in [0.05, 0.1) is 5.56 Å². The molecule has 1 heterocycles. The second-order valence-corrected chi connectivity index (χ2v) is 3.79. The Hall–Kier alpha value is -1.93. The van der Waals surface area contributed by atoms with Gasteiger partial charge < -0.3 is 15.4 Å². The first-order valence-corrected chi connectivity index (χ1v) is 5.31. The molecule has 0 aliphatic carbocycles. The number of aliphatic hydroxyl groups is 1. The van der Waals surface area contributed by atoms with E-state index in [1.165, 1.54) is 12.1 Å². The summed E-state index contributed by atoms with van der Waals surface area (Å²) in [7, 11) is 0. The molecule has 0 bridgehead atoms. The molecule has 0 saturated heterocycles. The van der Waals surface area contributed by atoms with Crippen molar-refractivity contribution < 1.29 is 22.8 Å². The van der Waals surface area contributed by atoms with Gasteiger partial charge in [0.15, 0.2) is 0 Å². The lowest BCUT2D eigenvalue weighted by atomic mass is 10.1. The Labute approximate surface area is 105 Å². The molecule has 0 aliphatic rings. The van der Waals surface area contributed by atoms with Gasteiger partial charge in [0, 0.05) is 12.1 Å². The van der Waals surface area contributed by atoms with Crippen LogP contribution in [0.2, 0.25) is 0 Å². The van der Waals surface area contributed by atoms with Gasteiger partial charge in [-0.2, -0.15) is 18.2 Å². The fourth-order valence-electron chi connectivity index (χ4n) is 1.42. The highest BCUT2D eigenvalue weighted by Crippen LogP contribution is 2.31. The first-order chi connectivity index (χ1) is 8.91. The van der Waals surface area contributed by atoms with Crippen LogP contribution in [-0.2, 0) is 6.18 Å². The number of benzene rings is 1. The summed E-state index contributed by atoms with van der Waals surface area (Å²) in [5.74, 6) is -0.163. The van der Waals surface area contributed by atoms with Gasteiger partial charge in [0.25, 0.3) is 5.89 Å². The molecule has 102 valence electrons. The van der Waals surface area contributed by atoms with Gasteiger partial charge in [-0.25, -0.2) is 0 Å². The number of nitrogens with two attached hydrogens (primary N) is 1. The Morgan fingerprint density at radius 1 is 1.37 bits per heavy atom. The molecule has 1 aromatic heterocycles. The van der Waals surface area contributed by atoms with Crippen LogP contribution in [0.5, 0.6) is 0 Å². The highest BCUT2D eigenvalue weighted by Gasteiger charge is 2.30. The minimum absolute atomic E-state index is 0.0337. The Bertz CT molecular complexity index is 568. The zero-order chi connectivity index (χ0) is 14.0. The molecule has 0 spiro atoms. The minimum atomic E-state index is -4.45. The van der Waals surface area contributed by atoms with Crippen LogP contribution in [0, 0.1) is 0 Å². The summed E-state index contributed by atoms with van der Waals surface area (Å²) in [6.07, 6.45) is -5.58. The van der Waals surface area contributed by atoms with Crippen LogP contribution in [-0.4, -0.2) is 21.8 Å². The molecule has 0 saturated carbocycles. The summed E-state index contributed by atoms with van der Waals surface area (Å²) in [5, 5.41) is 12.9. The summed E-state index contributed by atoms with van der Waals surface area (Å²) < 4.78 is 42.4. The molecule has 8 heteroatoms. The van der Waals surface area contributed by atoms with Crippen molar-refractivity contribution in [1.29, 1.82) is 0 Å². The molecule has 2 rings (SSSR count). The van der Waals surface area contributed by atoms with Crippen molar-refractivity contribution in [3.63, 3.8) is 0 Å². The van der Waals surface area contributed by atoms with Crippen LogP contribution in [0.4, 0.5) is 13.2 Å². The number of aliphatic hydroxyl groups excluding tert-OH is 1. The van der Waals surface area contributed by atoms with Gasteiger partial charge in [-0.05, 0) is 12.1 Å². The normalized spacial score (nSPS) is 13.5. The van der Waals surface area contributed by atoms with Crippen molar-refractivity contribution in [2.24, 2.45) is 5.73 Å². The summed E-state index contributed by atoms with van der Waals surface area (Å²) >= 11 is 0. The van der Waals surface area contributed by atoms with Crippen molar-refractivity contribution >= 4 is 0 Å². The molecule has 0 amide bonds. The van der Waals surface area contributed by atoms with E-state index in [2.05, 4.69) is 10.1 Å². The maximum Gasteiger partial charge on any atom is 0.416 e. The maximum atomic E-state index is 12.6. The molecule has 1 atom stereocenters. The summed E-state index contributed by atoms with van der Waals surface area (Å²) in [5.41, 5.74) is 4.54. The van der Waals surface area contributed by atoms with Crippen LogP contribution in [0.3, 0.4) is 0 Å². The molecule has 0 aliphatic heterocycles. The lowest BCUT2D eigenvalue weighted by Gasteiger charge is -2.06. The van der Waals surface area contributed by atoms with E-state index in [9.17, 15) is 18.3 Å². The number of rotatable bonds is 3. The topological polar surface area (TPSA) is 85.2 Å². The second kappa shape index (κ2) is 4.98. The second-order valence-electron chi connectivity index (χ2n) is 3.79. The average molecular weight is 273 g/mol. The quantitative estimate of drug-likeness (QED) is 0.889. The van der Waals surface area contributed by atoms with Gasteiger partial charge in [0.2, 0.25) is 5.82 Å². The largest absolute Gasteiger partial charge is 0.416 e. The van der Waals surface area contributed by atoms with Gasteiger partial charge >= 0.3 is 6.18 Å². The van der Waals surface area contributed by atoms with Crippen molar-refractivity contribution in [2.45, 2.75) is 12.3 Å². The Morgan fingerprint density at radius 3 is 2.74 bits per heavy atom. The standard InChI is InChI=1S/C11H10F3N3O2/c12-11(13,14)7-3-1-2-6(4-7)9-16-10(19-17-9)8(18)5-15/h1-4,8,18H,5,15H2/t8-/m0/s1. The van der Waals surface area contributed by atoms with E-state index in [0.717, 1.165) is 12.1 Å². The third-order valence-electron chi connectivity index (χ3n) is 2.40. The third-order valence-corrected chi connectivity index (χ3v) is 2.40. The van der Waals surface area contributed by atoms with Crippen LogP contribution in [0.1, 0.15) is 17.6 Å². The molecule has 19 heavy (non-hydrogen) atoms. The Kier molecular flexibility index (Phi) is 3.54. The summed E-state index contributed by atoms with van der Waals surface area (Å²) in [6, 6.07) is 4.51. The van der Waals surface area contributed by atoms with E-state index in [1.807, 2.05) is 0 Å². The maximum absolute atomic E-state index is 12.6. The molecule has 2 aromatic rings. The molecule has 5 nitrogen and oxygen atoms in total. The van der Waals surface area contributed by atoms with Crippen molar-refractivity contribution in [3.8, 4) is 11.4 Å². The molecule has 0 fully saturated rings. The first kappa shape index (κ1) is 13.5. The van der Waals surface area contributed by atoms with Gasteiger partial charge in [0.1, 0.15) is 6.10 Å². The Balaban J connectivity index is 2.34. The monoisotopic (exact) mass is 273 g/mol. The third kappa shape index (κ3) is 2.91. The van der Waals surface area contributed by atoms with Gasteiger partial charge in [-0.3, -0.25) is 0 Å². The van der Waals surface area contributed by atoms with Crippen LogP contribution in [0.25, 0.3) is 11.4 Å². The van der Waals surface area contributed by atoms with Gasteiger partial charge in [-0.15, -0.1) is 0 Å². The number of nitrogens with zero attached hydrogens (tertiary/aromatic N) is 2. The lowest BCUT2D eigenvalue weighted by Crippen LogP contribution is -2.11. The molecule has 0 unspecified atom stereocenters. The SMILES string of the molecule is NC[C@H](O)c1nc(-c2cccc(C(F)(F)F)c2)no1. The molecule has 0 radical (unpaired) electrons. The number of hydrogen-bond donors (Lipinski definition) is 2. The lowest BCUT2D eigenvalue weighted by molar-refractivity contribution is -0.137. The Morgan fingerprint density at radius 2 is 2.11 bits per heavy atom. The van der Waals surface area contributed by atoms with E-state index in [0.29, 0.717) is 0 Å². The zero-order valence-corrected chi connectivity index (χ0v) is 9.55. The van der Waals surface area contributed by atoms with Gasteiger partial charge in [-0.1, -0.05) is 17.3 Å². The predicted molar refractivity (Wildman–Crippen MR) is 58.8 cm³/mol. The highest BCUT2D eigenvalue weighted by atomic mass is 19.4. The van der Waals surface area contributed by atoms with Crippen LogP contribution in [0.15, 0.2) is 28.8 Å². The number of aromatic nitrogens is 2. The molecule has 1 aromatic carbocycles. The summed E-state index contributed by atoms with van der Waals surface area (Å²) in [4.78, 5) is 3.80. The van der Waals surface area contributed by atoms with E-state index < -0.39 is 17.8 Å². The van der Waals surface area contributed by atoms with E-state index in [1.54, 1.807) is 0 Å².